The second kappa shape index (κ2) is 7.83. The van der Waals surface area contributed by atoms with Gasteiger partial charge in [-0.2, -0.15) is 0 Å². The second-order valence-electron chi connectivity index (χ2n) is 5.24. The summed E-state index contributed by atoms with van der Waals surface area (Å²) >= 11 is 3.54. The number of unbranched alkanes of at least 4 members (excludes halogenated alkanes) is 2. The van der Waals surface area contributed by atoms with Gasteiger partial charge in [-0.15, -0.1) is 0 Å². The number of alkyl halides is 1. The number of rotatable bonds is 7. The average Bonchev–Trinajstić information content (AvgIpc) is 2.34. The topological polar surface area (TPSA) is 3.24 Å². The molecule has 2 heteroatoms. The molecular formula is C16H26BrN. The smallest absolute Gasteiger partial charge is 0.0371 e. The van der Waals surface area contributed by atoms with Gasteiger partial charge in [0.25, 0.3) is 0 Å². The van der Waals surface area contributed by atoms with Crippen molar-refractivity contribution in [1.82, 2.24) is 0 Å². The van der Waals surface area contributed by atoms with Gasteiger partial charge in [-0.1, -0.05) is 41.8 Å². The van der Waals surface area contributed by atoms with Crippen molar-refractivity contribution in [3.63, 3.8) is 0 Å². The van der Waals surface area contributed by atoms with E-state index >= 15 is 0 Å². The summed E-state index contributed by atoms with van der Waals surface area (Å²) in [5.74, 6) is 0. The first-order chi connectivity index (χ1) is 8.60. The molecule has 0 fully saturated rings. The maximum atomic E-state index is 3.54. The summed E-state index contributed by atoms with van der Waals surface area (Å²) < 4.78 is 0. The van der Waals surface area contributed by atoms with Gasteiger partial charge >= 0.3 is 0 Å². The highest BCUT2D eigenvalue weighted by Crippen LogP contribution is 2.23. The zero-order valence-corrected chi connectivity index (χ0v) is 13.8. The summed E-state index contributed by atoms with van der Waals surface area (Å²) in [6, 6.07) is 7.39. The molecule has 0 radical (unpaired) electrons. The molecule has 0 aromatic heterocycles. The van der Waals surface area contributed by atoms with Gasteiger partial charge in [0, 0.05) is 23.6 Å². The van der Waals surface area contributed by atoms with Crippen LogP contribution in [-0.2, 0) is 5.33 Å². The average molecular weight is 312 g/mol. The number of aryl methyl sites for hydroxylation is 1. The van der Waals surface area contributed by atoms with Crippen LogP contribution in [0.25, 0.3) is 0 Å². The van der Waals surface area contributed by atoms with Crippen molar-refractivity contribution in [3.8, 4) is 0 Å². The molecule has 102 valence electrons. The van der Waals surface area contributed by atoms with Crippen LogP contribution in [0.4, 0.5) is 5.69 Å². The van der Waals surface area contributed by atoms with Gasteiger partial charge in [0.15, 0.2) is 0 Å². The van der Waals surface area contributed by atoms with Crippen LogP contribution in [-0.4, -0.2) is 12.6 Å². The molecular weight excluding hydrogens is 286 g/mol. The molecule has 0 unspecified atom stereocenters. The Morgan fingerprint density at radius 2 is 1.94 bits per heavy atom. The van der Waals surface area contributed by atoms with E-state index in [0.29, 0.717) is 6.04 Å². The van der Waals surface area contributed by atoms with E-state index in [9.17, 15) is 0 Å². The molecule has 0 aliphatic rings. The molecule has 0 saturated heterocycles. The zero-order chi connectivity index (χ0) is 13.5. The maximum Gasteiger partial charge on any atom is 0.0371 e. The number of nitrogens with zero attached hydrogens (tertiary/aromatic N) is 1. The summed E-state index contributed by atoms with van der Waals surface area (Å²) in [4.78, 5) is 2.51. The number of anilines is 1. The van der Waals surface area contributed by atoms with Gasteiger partial charge in [0.05, 0.1) is 0 Å². The highest BCUT2D eigenvalue weighted by molar-refractivity contribution is 9.08. The first kappa shape index (κ1) is 15.6. The van der Waals surface area contributed by atoms with Gasteiger partial charge < -0.3 is 4.90 Å². The third kappa shape index (κ3) is 4.31. The fourth-order valence-corrected chi connectivity index (χ4v) is 2.86. The Morgan fingerprint density at radius 3 is 2.44 bits per heavy atom. The summed E-state index contributed by atoms with van der Waals surface area (Å²) in [6.07, 6.45) is 3.89. The Balaban J connectivity index is 2.82. The second-order valence-corrected chi connectivity index (χ2v) is 5.80. The highest BCUT2D eigenvalue weighted by Gasteiger charge is 2.11. The predicted molar refractivity (Wildman–Crippen MR) is 85.8 cm³/mol. The Bertz CT molecular complexity index is 360. The SMILES string of the molecule is CCCCCN(c1ccc(CBr)c(C)c1)C(C)C. The van der Waals surface area contributed by atoms with Crippen molar-refractivity contribution in [2.24, 2.45) is 0 Å². The molecule has 0 atom stereocenters. The van der Waals surface area contributed by atoms with Crippen LogP contribution in [0.15, 0.2) is 18.2 Å². The van der Waals surface area contributed by atoms with Crippen molar-refractivity contribution < 1.29 is 0 Å². The first-order valence-corrected chi connectivity index (χ1v) is 8.14. The van der Waals surface area contributed by atoms with Crippen molar-refractivity contribution in [1.29, 1.82) is 0 Å². The lowest BCUT2D eigenvalue weighted by molar-refractivity contribution is 0.626. The standard InChI is InChI=1S/C16H26BrN/c1-5-6-7-10-18(13(2)3)16-9-8-15(12-17)14(4)11-16/h8-9,11,13H,5-7,10,12H2,1-4H3. The van der Waals surface area contributed by atoms with E-state index in [1.807, 2.05) is 0 Å². The quantitative estimate of drug-likeness (QED) is 0.488. The lowest BCUT2D eigenvalue weighted by Crippen LogP contribution is -2.31. The zero-order valence-electron chi connectivity index (χ0n) is 12.2. The Kier molecular flexibility index (Phi) is 6.77. The molecule has 0 N–H and O–H groups in total. The molecule has 0 saturated carbocycles. The highest BCUT2D eigenvalue weighted by atomic mass is 79.9. The van der Waals surface area contributed by atoms with Crippen molar-refractivity contribution in [3.05, 3.63) is 29.3 Å². The van der Waals surface area contributed by atoms with Gasteiger partial charge in [0.1, 0.15) is 0 Å². The fourth-order valence-electron chi connectivity index (χ4n) is 2.23. The molecule has 0 bridgehead atoms. The normalized spacial score (nSPS) is 11.0. The Labute approximate surface area is 121 Å². The van der Waals surface area contributed by atoms with Crippen LogP contribution in [0.2, 0.25) is 0 Å². The predicted octanol–water partition coefficient (Wildman–Crippen LogP) is 5.29. The van der Waals surface area contributed by atoms with Gasteiger partial charge in [-0.3, -0.25) is 0 Å². The monoisotopic (exact) mass is 311 g/mol. The first-order valence-electron chi connectivity index (χ1n) is 7.02. The van der Waals surface area contributed by atoms with Crippen LogP contribution in [0.5, 0.6) is 0 Å². The summed E-state index contributed by atoms with van der Waals surface area (Å²) in [5.41, 5.74) is 4.13. The number of halogens is 1. The third-order valence-electron chi connectivity index (χ3n) is 3.43. The molecule has 1 rings (SSSR count). The van der Waals surface area contributed by atoms with Gasteiger partial charge in [-0.05, 0) is 50.5 Å². The summed E-state index contributed by atoms with van der Waals surface area (Å²) in [5, 5.41) is 0.941. The molecule has 0 aliphatic carbocycles. The molecule has 1 nitrogen and oxygen atoms in total. The molecule has 0 heterocycles. The molecule has 18 heavy (non-hydrogen) atoms. The minimum absolute atomic E-state index is 0.566. The number of hydrogen-bond acceptors (Lipinski definition) is 1. The van der Waals surface area contributed by atoms with E-state index in [1.54, 1.807) is 0 Å². The molecule has 1 aromatic rings. The minimum Gasteiger partial charge on any atom is -0.369 e. The van der Waals surface area contributed by atoms with Gasteiger partial charge in [-0.25, -0.2) is 0 Å². The maximum absolute atomic E-state index is 3.54. The molecule has 1 aromatic carbocycles. The molecule has 0 spiro atoms. The third-order valence-corrected chi connectivity index (χ3v) is 4.03. The molecule has 0 aliphatic heterocycles. The van der Waals surface area contributed by atoms with E-state index in [1.165, 1.54) is 42.6 Å². The Hall–Kier alpha value is -0.500. The van der Waals surface area contributed by atoms with Crippen molar-refractivity contribution >= 4 is 21.6 Å². The van der Waals surface area contributed by atoms with E-state index in [4.69, 9.17) is 0 Å². The largest absolute Gasteiger partial charge is 0.369 e. The fraction of sp³-hybridized carbons (Fsp3) is 0.625. The van der Waals surface area contributed by atoms with E-state index in [0.717, 1.165) is 5.33 Å². The van der Waals surface area contributed by atoms with Crippen LogP contribution in [0.1, 0.15) is 51.2 Å². The lowest BCUT2D eigenvalue weighted by atomic mass is 10.1. The summed E-state index contributed by atoms with van der Waals surface area (Å²) in [6.45, 7) is 10.2. The van der Waals surface area contributed by atoms with E-state index in [2.05, 4.69) is 66.7 Å². The number of hydrogen-bond donors (Lipinski definition) is 0. The van der Waals surface area contributed by atoms with Gasteiger partial charge in [0.2, 0.25) is 0 Å². The van der Waals surface area contributed by atoms with Crippen molar-refractivity contribution in [2.45, 2.75) is 58.3 Å². The van der Waals surface area contributed by atoms with Crippen LogP contribution < -0.4 is 4.90 Å². The number of benzene rings is 1. The van der Waals surface area contributed by atoms with E-state index in [-0.39, 0.29) is 0 Å². The van der Waals surface area contributed by atoms with Crippen LogP contribution in [0, 0.1) is 6.92 Å². The van der Waals surface area contributed by atoms with E-state index < -0.39 is 0 Å². The minimum atomic E-state index is 0.566. The Morgan fingerprint density at radius 1 is 1.22 bits per heavy atom. The van der Waals surface area contributed by atoms with Crippen LogP contribution in [0.3, 0.4) is 0 Å². The lowest BCUT2D eigenvalue weighted by Gasteiger charge is -2.29. The molecule has 0 amide bonds. The summed E-state index contributed by atoms with van der Waals surface area (Å²) in [7, 11) is 0. The van der Waals surface area contributed by atoms with Crippen molar-refractivity contribution in [2.75, 3.05) is 11.4 Å². The van der Waals surface area contributed by atoms with Crippen LogP contribution >= 0.6 is 15.9 Å².